The Kier molecular flexibility index (Phi) is 21.7. The molecule has 0 amide bonds. The molecule has 1 radical (unpaired) electrons. The fraction of sp³-hybridized carbons (Fsp3) is 0.500. The molecule has 5 heteroatoms. The van der Waals surface area contributed by atoms with Crippen molar-refractivity contribution in [1.82, 2.24) is 0 Å². The number of rotatable bonds is 9. The van der Waals surface area contributed by atoms with Crippen LogP contribution in [0.25, 0.3) is 0 Å². The van der Waals surface area contributed by atoms with Crippen LogP contribution in [0.5, 0.6) is 0 Å². The minimum absolute atomic E-state index is 0. The summed E-state index contributed by atoms with van der Waals surface area (Å²) in [7, 11) is 0. The molecule has 0 aliphatic carbocycles. The molecule has 0 aliphatic rings. The first-order valence-corrected chi connectivity index (χ1v) is 8.80. The number of aliphatic hydroxyl groups excluding tert-OH is 2. The van der Waals surface area contributed by atoms with Gasteiger partial charge in [-0.1, -0.05) is 68.3 Å². The van der Waals surface area contributed by atoms with E-state index in [1.165, 1.54) is 6.92 Å². The largest absolute Gasteiger partial charge is 0.388 e. The van der Waals surface area contributed by atoms with E-state index in [1.807, 2.05) is 6.08 Å². The third-order valence-electron chi connectivity index (χ3n) is 3.45. The zero-order valence-corrected chi connectivity index (χ0v) is 25.7. The Morgan fingerprint density at radius 1 is 1.11 bits per heavy atom. The molecule has 0 rings (SSSR count). The van der Waals surface area contributed by atoms with E-state index in [0.29, 0.717) is 31.6 Å². The van der Waals surface area contributed by atoms with Gasteiger partial charge in [0.25, 0.3) is 0 Å². The van der Waals surface area contributed by atoms with Gasteiger partial charge in [0.2, 0.25) is 0 Å². The monoisotopic (exact) mass is 796 g/mol. The summed E-state index contributed by atoms with van der Waals surface area (Å²) in [6, 6.07) is 0. The van der Waals surface area contributed by atoms with Gasteiger partial charge in [0.05, 0.1) is 6.10 Å². The van der Waals surface area contributed by atoms with Gasteiger partial charge in [-0.3, -0.25) is 0 Å². The smallest absolute Gasteiger partial charge is 0.129 e. The van der Waals surface area contributed by atoms with Crippen LogP contribution < -0.4 is 0 Å². The molecule has 0 fully saturated rings. The Morgan fingerprint density at radius 2 is 1.81 bits per heavy atom. The van der Waals surface area contributed by atoms with Crippen molar-refractivity contribution in [3.8, 4) is 23.7 Å². The molecule has 145 valence electrons. The molecular formula is C22H30O3ReRf. The van der Waals surface area contributed by atoms with Crippen LogP contribution in [0.1, 0.15) is 52.9 Å². The van der Waals surface area contributed by atoms with Gasteiger partial charge >= 0.3 is 0 Å². The molecule has 0 aromatic carbocycles. The van der Waals surface area contributed by atoms with Gasteiger partial charge in [0.1, 0.15) is 11.9 Å². The number of aliphatic hydroxyl groups is 2. The quantitative estimate of drug-likeness (QED) is 0.278. The normalized spacial score (nSPS) is 13.7. The molecule has 27 heavy (non-hydrogen) atoms. The summed E-state index contributed by atoms with van der Waals surface area (Å²) in [4.78, 5) is 10.8. The van der Waals surface area contributed by atoms with E-state index < -0.39 is 12.2 Å². The molecular weight excluding hydrogens is 765 g/mol. The van der Waals surface area contributed by atoms with Crippen molar-refractivity contribution in [3.05, 3.63) is 36.5 Å². The molecule has 0 heterocycles. The molecule has 0 saturated carbocycles. The number of ketones is 1. The number of carbonyl (C=O) groups is 1. The summed E-state index contributed by atoms with van der Waals surface area (Å²) in [6.45, 7) is 5.80. The van der Waals surface area contributed by atoms with E-state index in [0.717, 1.165) is 6.42 Å². The van der Waals surface area contributed by atoms with Gasteiger partial charge in [-0.25, -0.2) is 0 Å². The zero-order chi connectivity index (χ0) is 18.9. The van der Waals surface area contributed by atoms with Crippen LogP contribution in [-0.4, -0.2) is 28.2 Å². The molecule has 2 N–H and O–H groups in total. The van der Waals surface area contributed by atoms with E-state index in [9.17, 15) is 15.0 Å². The molecule has 0 aromatic rings. The Hall–Kier alpha value is -2.41. The second kappa shape index (κ2) is 19.9. The summed E-state index contributed by atoms with van der Waals surface area (Å²) in [5.41, 5.74) is 0. The molecule has 3 nitrogen and oxygen atoms in total. The van der Waals surface area contributed by atoms with E-state index in [2.05, 4.69) is 43.6 Å². The standard InChI is InChI=1S/C22H30O3.Re.Rf/c1-4-19(2)13-8-7-11-17-21(24)15-9-5-6-10-16-22(25)18-12-14-20(3)23;;/h5-6,8-9,13,15,19,21-22,24-25H,4,12,14,17-18H2,1-3H3;;/b6-5+,13-8+,15-9+;;/t19-,21+,22-;;/m1../s1. The molecule has 0 spiro atoms. The number of allylic oxidation sites excluding steroid dienone is 5. The maximum atomic E-state index is 10.8. The zero-order valence-electron chi connectivity index (χ0n) is 16.6. The first-order chi connectivity index (χ1) is 12.0. The maximum absolute atomic E-state index is 10.8. The van der Waals surface area contributed by atoms with Gasteiger partial charge < -0.3 is 15.0 Å². The predicted molar refractivity (Wildman–Crippen MR) is 104 cm³/mol. The van der Waals surface area contributed by atoms with Crippen LogP contribution in [0.4, 0.5) is 0 Å². The van der Waals surface area contributed by atoms with Crippen molar-refractivity contribution in [2.45, 2.75) is 65.1 Å². The maximum Gasteiger partial charge on any atom is 0.129 e. The van der Waals surface area contributed by atoms with Crippen LogP contribution in [0.15, 0.2) is 36.5 Å². The van der Waals surface area contributed by atoms with Gasteiger partial charge in [-0.2, -0.15) is 0 Å². The minimum Gasteiger partial charge on any atom is -0.388 e. The summed E-state index contributed by atoms with van der Waals surface area (Å²) in [5, 5.41) is 19.3. The number of carbonyl (C=O) groups excluding carboxylic acids is 1. The van der Waals surface area contributed by atoms with Crippen LogP contribution in [0.2, 0.25) is 0 Å². The summed E-state index contributed by atoms with van der Waals surface area (Å²) in [6.07, 6.45) is 12.3. The van der Waals surface area contributed by atoms with E-state index in [4.69, 9.17) is 0 Å². The molecule has 0 unspecified atom stereocenters. The molecule has 0 aliphatic heterocycles. The average molecular weight is 796 g/mol. The SMILES string of the molecule is CC[C@@H](C)/C=C/C#CC[C@@H](O)/C=C/C=C/C#C[C@@H](O)CCCC(C)=O.[Re].[Rf]. The van der Waals surface area contributed by atoms with Gasteiger partial charge in [-0.15, -0.1) is 0 Å². The number of hydrogen-bond donors (Lipinski definition) is 2. The van der Waals surface area contributed by atoms with Crippen molar-refractivity contribution in [2.75, 3.05) is 0 Å². The second-order valence-electron chi connectivity index (χ2n) is 5.98. The fourth-order valence-electron chi connectivity index (χ4n) is 1.70. The van der Waals surface area contributed by atoms with Crippen LogP contribution >= 0.6 is 0 Å². The molecule has 3 atom stereocenters. The number of Topliss-reactive ketones (excluding diaryl/α,β-unsaturated/α-hetero) is 1. The topological polar surface area (TPSA) is 57.5 Å². The Morgan fingerprint density at radius 3 is 2.44 bits per heavy atom. The van der Waals surface area contributed by atoms with E-state index >= 15 is 0 Å². The van der Waals surface area contributed by atoms with Crippen molar-refractivity contribution < 1.29 is 35.4 Å². The Labute approximate surface area is 172 Å². The van der Waals surface area contributed by atoms with Crippen LogP contribution in [0, 0.1) is 29.6 Å². The van der Waals surface area contributed by atoms with Crippen LogP contribution in [0.3, 0.4) is 0 Å². The Balaban J connectivity index is -0.00000288. The summed E-state index contributed by atoms with van der Waals surface area (Å²) < 4.78 is 0. The van der Waals surface area contributed by atoms with Gasteiger partial charge in [-0.05, 0) is 37.8 Å². The van der Waals surface area contributed by atoms with Crippen molar-refractivity contribution in [1.29, 1.82) is 0 Å². The first kappa shape index (κ1) is 29.4. The van der Waals surface area contributed by atoms with Crippen molar-refractivity contribution in [2.24, 2.45) is 5.92 Å². The third kappa shape index (κ3) is 21.6. The van der Waals surface area contributed by atoms with Gasteiger partial charge in [0.15, 0.2) is 0 Å². The summed E-state index contributed by atoms with van der Waals surface area (Å²) in [5.74, 6) is 11.9. The fourth-order valence-corrected chi connectivity index (χ4v) is 1.70. The predicted octanol–water partition coefficient (Wildman–Crippen LogP) is 3.58. The van der Waals surface area contributed by atoms with Crippen molar-refractivity contribution >= 4 is 5.78 Å². The van der Waals surface area contributed by atoms with E-state index in [-0.39, 0.29) is 26.2 Å². The first-order valence-electron chi connectivity index (χ1n) is 8.80. The van der Waals surface area contributed by atoms with Gasteiger partial charge in [0, 0.05) is 33.3 Å². The van der Waals surface area contributed by atoms with Crippen molar-refractivity contribution in [3.63, 3.8) is 0 Å². The van der Waals surface area contributed by atoms with Crippen LogP contribution in [-0.2, 0) is 25.2 Å². The van der Waals surface area contributed by atoms with E-state index in [1.54, 1.807) is 24.3 Å². The third-order valence-corrected chi connectivity index (χ3v) is 3.45. The summed E-state index contributed by atoms with van der Waals surface area (Å²) >= 11 is 0. The molecule has 0 aromatic heterocycles. The molecule has 0 bridgehead atoms. The molecule has 0 saturated heterocycles. The second-order valence-corrected chi connectivity index (χ2v) is 5.98. The minimum atomic E-state index is -0.711. The number of hydrogen-bond acceptors (Lipinski definition) is 3. The Bertz CT molecular complexity index is 588. The average Bonchev–Trinajstić information content (AvgIpc) is 2.57.